The first kappa shape index (κ1) is 116. The summed E-state index contributed by atoms with van der Waals surface area (Å²) >= 11 is 0. The number of ether oxygens (including phenoxy) is 9. The summed E-state index contributed by atoms with van der Waals surface area (Å²) in [6, 6.07) is 83.5. The standard InChI is InChI=1S/C33H37O3S.C28H31O3S.C27H25O6S2.3C8H16O5S/c1-22-14-30(37(28-10-6-4-7-11-28)29-12-8-5-9-13-29)15-23(2)32(22)35-21-31(34)36-33(3)26-17-24-16-25(19-26)20-27(33)18-24;1-2-28(20-10-5-11-21-28)31-27(29)22-30-23-16-18-26(19-17-23)32(24-12-6-3-7-13-24)25-14-8-4-9-15-25;28-25(32-26-18-15-23-24(16-18)35(29,30)33-27(23)26)17-31-19-11-13-22(14-12-19)34(20-7-3-1-4-8-20)21-9-5-2-6-10-21;3*1-4-8(2,3)7(9)13-5-6-14(10,11)12/h4-15,24-27H,16-21H2,1-3H3;3-4,6-9,12-19H,2,5,10-11,20-22H2,1H3;1-14,18,23-24,26-27H,15-17H2;3*4-6H2,1-3H3,(H,10,11,12)/q3*+1;;;/p-3. The topological polar surface area (TPSA) is 400 Å². The van der Waals surface area contributed by atoms with E-state index in [1.807, 2.05) is 106 Å². The minimum absolute atomic E-state index is 0.0357. The summed E-state index contributed by atoms with van der Waals surface area (Å²) in [7, 11) is -17.1. The van der Waals surface area contributed by atoms with Crippen LogP contribution in [-0.4, -0.2) is 169 Å². The highest BCUT2D eigenvalue weighted by molar-refractivity contribution is 7.97. The van der Waals surface area contributed by atoms with Crippen molar-refractivity contribution < 1.29 is 123 Å². The fraction of sp³-hybridized carbons (Fsp3) is 0.464. The largest absolute Gasteiger partial charge is 0.748 e. The lowest BCUT2D eigenvalue weighted by molar-refractivity contribution is -0.204. The Labute approximate surface area is 870 Å². The van der Waals surface area contributed by atoms with E-state index in [2.05, 4.69) is 200 Å². The van der Waals surface area contributed by atoms with E-state index in [1.54, 1.807) is 41.5 Å². The van der Waals surface area contributed by atoms with Crippen LogP contribution in [0.2, 0.25) is 0 Å². The van der Waals surface area contributed by atoms with E-state index in [4.69, 9.17) is 32.6 Å². The van der Waals surface area contributed by atoms with Crippen LogP contribution in [0.5, 0.6) is 17.2 Å². The smallest absolute Gasteiger partial charge is 0.344 e. The third kappa shape index (κ3) is 33.2. The number of carbonyl (C=O) groups is 6. The average molecular weight is 2140 g/mol. The minimum Gasteiger partial charge on any atom is -0.748 e. The zero-order valence-corrected chi connectivity index (χ0v) is 91.1. The van der Waals surface area contributed by atoms with Gasteiger partial charge in [0.15, 0.2) is 63.9 Å². The molecule has 34 heteroatoms. The van der Waals surface area contributed by atoms with E-state index < -0.39 is 115 Å². The predicted octanol–water partition coefficient (Wildman–Crippen LogP) is 20.1. The van der Waals surface area contributed by atoms with E-state index in [0.717, 1.165) is 72.1 Å². The van der Waals surface area contributed by atoms with Crippen molar-refractivity contribution in [1.82, 2.24) is 0 Å². The maximum absolute atomic E-state index is 13.0. The van der Waals surface area contributed by atoms with Crippen molar-refractivity contribution in [3.63, 3.8) is 0 Å². The molecule has 1 aliphatic heterocycles. The minimum atomic E-state index is -4.30. The summed E-state index contributed by atoms with van der Waals surface area (Å²) in [6.07, 6.45) is 14.6. The fourth-order valence-electron chi connectivity index (χ4n) is 19.1. The molecule has 7 aliphatic carbocycles. The number of hydrogen-bond donors (Lipinski definition) is 0. The quantitative estimate of drug-likeness (QED) is 0.0115. The SMILES string of the molecule is CCC(C)(C)C(=O)OCCS(=O)(=O)[O-].CCC(C)(C)C(=O)OCCS(=O)(=O)[O-].CCC(C)(C)C(=O)OCCS(=O)(=O)[O-].CCC1(OC(=O)COc2ccc([S+](c3ccccc3)c3ccccc3)cc2)CCCCC1.Cc1cc([S+](c2ccccc2)c2ccccc2)cc(C)c1OCC(=O)OC1(C)C2CC3CC(C2)CC1C3.O=C(COc1ccc([S+](c2ccccc2)c2ccccc2)cc1)OC1C2CC3C1OS(=O)(=O)C3C2. The molecule has 790 valence electrons. The van der Waals surface area contributed by atoms with E-state index >= 15 is 0 Å². The van der Waals surface area contributed by atoms with Crippen LogP contribution in [0.15, 0.2) is 287 Å². The van der Waals surface area contributed by atoms with Gasteiger partial charge in [0.05, 0.1) is 102 Å². The molecular weight excluding hydrogens is 2000 g/mol. The third-order valence-electron chi connectivity index (χ3n) is 28.2. The van der Waals surface area contributed by atoms with Gasteiger partial charge in [-0.05, 0) is 315 Å². The summed E-state index contributed by atoms with van der Waals surface area (Å²) in [5.74, 6) is 0.315. The van der Waals surface area contributed by atoms with E-state index in [-0.39, 0.29) is 107 Å². The number of rotatable bonds is 37. The normalized spacial score (nSPS) is 20.7. The number of aryl methyl sites for hydroxylation is 2. The summed E-state index contributed by atoms with van der Waals surface area (Å²) in [5.41, 5.74) is -0.406. The van der Waals surface area contributed by atoms with Crippen LogP contribution < -0.4 is 14.2 Å². The Bertz CT molecular complexity index is 5940. The zero-order valence-electron chi connectivity index (χ0n) is 85.3. The number of esters is 6. The lowest BCUT2D eigenvalue weighted by Gasteiger charge is -2.59. The molecule has 8 aliphatic rings. The molecule has 0 aromatic heterocycles. The molecule has 9 aromatic rings. The van der Waals surface area contributed by atoms with Crippen molar-refractivity contribution in [2.45, 2.75) is 265 Å². The molecule has 1 saturated heterocycles. The molecule has 5 unspecified atom stereocenters. The van der Waals surface area contributed by atoms with Gasteiger partial charge in [-0.3, -0.25) is 18.6 Å². The highest BCUT2D eigenvalue weighted by atomic mass is 32.2. The monoisotopic (exact) mass is 2140 g/mol. The first-order valence-corrected chi connectivity index (χ1v) is 59.6. The van der Waals surface area contributed by atoms with Crippen molar-refractivity contribution in [3.05, 3.63) is 254 Å². The molecule has 27 nitrogen and oxygen atoms in total. The summed E-state index contributed by atoms with van der Waals surface area (Å²) in [6.45, 7) is 22.7. The van der Waals surface area contributed by atoms with Gasteiger partial charge >= 0.3 is 35.8 Å². The van der Waals surface area contributed by atoms with Gasteiger partial charge in [0, 0.05) is 24.0 Å². The second-order valence-corrected chi connectivity index (χ2v) is 52.3. The Morgan fingerprint density at radius 3 is 1.05 bits per heavy atom. The number of carbonyl (C=O) groups excluding carboxylic acids is 6. The summed E-state index contributed by atoms with van der Waals surface area (Å²) in [4.78, 5) is 82.9. The Kier molecular flexibility index (Phi) is 41.7. The maximum Gasteiger partial charge on any atom is 0.344 e. The lowest BCUT2D eigenvalue weighted by atomic mass is 9.50. The fourth-order valence-corrected chi connectivity index (χ4v) is 28.3. The first-order valence-electron chi connectivity index (χ1n) is 49.8. The van der Waals surface area contributed by atoms with Crippen molar-refractivity contribution in [1.29, 1.82) is 0 Å². The van der Waals surface area contributed by atoms with Gasteiger partial charge in [0.25, 0.3) is 10.1 Å². The predicted molar refractivity (Wildman–Crippen MR) is 557 cm³/mol. The second-order valence-electron chi connectivity index (χ2n) is 39.9. The molecule has 0 amide bonds. The summed E-state index contributed by atoms with van der Waals surface area (Å²) in [5, 5.41) is -0.432. The van der Waals surface area contributed by atoms with Crippen LogP contribution in [0.25, 0.3) is 0 Å². The van der Waals surface area contributed by atoms with Crippen molar-refractivity contribution in [2.24, 2.45) is 51.8 Å². The van der Waals surface area contributed by atoms with Crippen molar-refractivity contribution in [3.8, 4) is 17.2 Å². The number of hydrogen-bond acceptors (Lipinski definition) is 27. The van der Waals surface area contributed by atoms with E-state index in [1.165, 1.54) is 77.7 Å². The molecule has 146 heavy (non-hydrogen) atoms. The van der Waals surface area contributed by atoms with Crippen LogP contribution in [0.1, 0.15) is 190 Å². The van der Waals surface area contributed by atoms with Crippen LogP contribution >= 0.6 is 0 Å². The van der Waals surface area contributed by atoms with Crippen LogP contribution in [-0.2, 0) is 135 Å². The van der Waals surface area contributed by atoms with Gasteiger partial charge in [0.1, 0.15) is 60.5 Å². The van der Waals surface area contributed by atoms with Gasteiger partial charge in [-0.1, -0.05) is 143 Å². The first-order chi connectivity index (χ1) is 69.2. The van der Waals surface area contributed by atoms with E-state index in [9.17, 15) is 76.1 Å². The molecule has 9 aromatic carbocycles. The molecule has 0 spiro atoms. The van der Waals surface area contributed by atoms with Gasteiger partial charge in [-0.15, -0.1) is 0 Å². The highest BCUT2D eigenvalue weighted by Gasteiger charge is 2.66. The van der Waals surface area contributed by atoms with Crippen LogP contribution in [0, 0.1) is 65.6 Å². The Morgan fingerprint density at radius 1 is 0.404 bits per heavy atom. The molecule has 8 fully saturated rings. The zero-order chi connectivity index (χ0) is 106. The summed E-state index contributed by atoms with van der Waals surface area (Å²) < 4.78 is 170. The Hall–Kier alpha value is -10.1. The highest BCUT2D eigenvalue weighted by Crippen LogP contribution is 2.60. The van der Waals surface area contributed by atoms with Gasteiger partial charge in [-0.2, -0.15) is 8.42 Å². The van der Waals surface area contributed by atoms with Gasteiger partial charge in [-0.25, -0.2) is 39.6 Å². The number of fused-ring (bicyclic) bond motifs is 1. The van der Waals surface area contributed by atoms with Crippen molar-refractivity contribution in [2.75, 3.05) is 56.9 Å². The van der Waals surface area contributed by atoms with E-state index in [0.29, 0.717) is 49.0 Å². The second kappa shape index (κ2) is 52.4. The van der Waals surface area contributed by atoms with Gasteiger partial charge < -0.3 is 56.3 Å². The number of benzene rings is 9. The molecule has 7 saturated carbocycles. The van der Waals surface area contributed by atoms with Crippen molar-refractivity contribution >= 4 is 109 Å². The third-order valence-corrected chi connectivity index (χ3v) is 38.7. The molecular formula is C112H138O27S7. The van der Waals surface area contributed by atoms with Crippen LogP contribution in [0.4, 0.5) is 0 Å². The molecule has 1 heterocycles. The molecule has 0 radical (unpaired) electrons. The van der Waals surface area contributed by atoms with Gasteiger partial charge in [0.2, 0.25) is 0 Å². The molecule has 0 N–H and O–H groups in total. The lowest BCUT2D eigenvalue weighted by Crippen LogP contribution is -2.58. The Morgan fingerprint density at radius 2 is 0.719 bits per heavy atom. The van der Waals surface area contributed by atoms with Crippen LogP contribution in [0.3, 0.4) is 0 Å². The molecule has 6 bridgehead atoms. The average Bonchev–Trinajstić information content (AvgIpc) is 1.51. The molecule has 5 atom stereocenters. The maximum atomic E-state index is 13.0. The Balaban J connectivity index is 0.000000175. The molecule has 17 rings (SSSR count).